The number of furan rings is 1. The third kappa shape index (κ3) is 4.33. The van der Waals surface area contributed by atoms with Gasteiger partial charge in [0.05, 0.1) is 13.4 Å². The van der Waals surface area contributed by atoms with E-state index in [-0.39, 0.29) is 11.7 Å². The van der Waals surface area contributed by atoms with Crippen molar-refractivity contribution in [2.75, 3.05) is 12.4 Å². The van der Waals surface area contributed by atoms with Gasteiger partial charge in [0.1, 0.15) is 23.0 Å². The maximum Gasteiger partial charge on any atom is 0.249 e. The Morgan fingerprint density at radius 3 is 2.65 bits per heavy atom. The van der Waals surface area contributed by atoms with Crippen LogP contribution in [0.2, 0.25) is 0 Å². The lowest BCUT2D eigenvalue weighted by molar-refractivity contribution is -0.111. The molecule has 0 bridgehead atoms. The smallest absolute Gasteiger partial charge is 0.249 e. The average Bonchev–Trinajstić information content (AvgIpc) is 3.16. The van der Waals surface area contributed by atoms with Crippen LogP contribution in [0.5, 0.6) is 5.75 Å². The monoisotopic (exact) mass is 416 g/mol. The van der Waals surface area contributed by atoms with Gasteiger partial charge in [-0.1, -0.05) is 12.1 Å². The third-order valence-corrected chi connectivity index (χ3v) is 4.99. The predicted molar refractivity (Wildman–Crippen MR) is 119 cm³/mol. The standard InChI is InChI=1S/C25H21FN2O3/c1-15-8-9-27-24(10-15)28-25(29)11-16(2)19-12-20-21(17-4-6-18(26)7-5-17)14-31-23(20)13-22(19)30-3/h4-14H,1-3H3,(H,27,28,29)/b16-11+. The number of fused-ring (bicyclic) bond motifs is 1. The first-order valence-corrected chi connectivity index (χ1v) is 9.72. The Bertz CT molecular complexity index is 1290. The van der Waals surface area contributed by atoms with E-state index in [2.05, 4.69) is 10.3 Å². The molecule has 0 aliphatic rings. The van der Waals surface area contributed by atoms with Gasteiger partial charge in [0, 0.05) is 34.9 Å². The van der Waals surface area contributed by atoms with E-state index in [1.165, 1.54) is 18.2 Å². The quantitative estimate of drug-likeness (QED) is 0.406. The molecule has 2 aromatic heterocycles. The summed E-state index contributed by atoms with van der Waals surface area (Å²) in [6, 6.07) is 13.6. The van der Waals surface area contributed by atoms with Crippen LogP contribution in [-0.4, -0.2) is 18.0 Å². The molecule has 0 aliphatic heterocycles. The number of ether oxygens (including phenoxy) is 1. The number of carbonyl (C=O) groups is 1. The first kappa shape index (κ1) is 20.3. The highest BCUT2D eigenvalue weighted by molar-refractivity contribution is 6.05. The van der Waals surface area contributed by atoms with Crippen LogP contribution in [0.15, 0.2) is 71.5 Å². The fourth-order valence-electron chi connectivity index (χ4n) is 3.43. The molecular formula is C25H21FN2O3. The van der Waals surface area contributed by atoms with E-state index >= 15 is 0 Å². The SMILES string of the molecule is COc1cc2occ(-c3ccc(F)cc3)c2cc1/C(C)=C/C(=O)Nc1cc(C)ccn1. The van der Waals surface area contributed by atoms with Gasteiger partial charge in [-0.15, -0.1) is 0 Å². The molecule has 156 valence electrons. The zero-order valence-corrected chi connectivity index (χ0v) is 17.4. The molecular weight excluding hydrogens is 395 g/mol. The highest BCUT2D eigenvalue weighted by Gasteiger charge is 2.15. The summed E-state index contributed by atoms with van der Waals surface area (Å²) in [6.07, 6.45) is 4.79. The van der Waals surface area contributed by atoms with Gasteiger partial charge >= 0.3 is 0 Å². The molecule has 31 heavy (non-hydrogen) atoms. The van der Waals surface area contributed by atoms with Crippen molar-refractivity contribution < 1.29 is 18.3 Å². The normalized spacial score (nSPS) is 11.5. The van der Waals surface area contributed by atoms with Gasteiger partial charge in [0.2, 0.25) is 5.91 Å². The summed E-state index contributed by atoms with van der Waals surface area (Å²) in [5.41, 5.74) is 4.79. The first-order chi connectivity index (χ1) is 14.9. The summed E-state index contributed by atoms with van der Waals surface area (Å²) in [4.78, 5) is 16.7. The number of rotatable bonds is 5. The summed E-state index contributed by atoms with van der Waals surface area (Å²) in [6.45, 7) is 3.77. The summed E-state index contributed by atoms with van der Waals surface area (Å²) in [7, 11) is 1.57. The number of anilines is 1. The molecule has 0 aliphatic carbocycles. The number of aryl methyl sites for hydroxylation is 1. The lowest BCUT2D eigenvalue weighted by Gasteiger charge is -2.10. The number of aromatic nitrogens is 1. The minimum atomic E-state index is -0.299. The second-order valence-electron chi connectivity index (χ2n) is 7.24. The lowest BCUT2D eigenvalue weighted by atomic mass is 9.99. The van der Waals surface area contributed by atoms with E-state index in [1.54, 1.807) is 43.8 Å². The largest absolute Gasteiger partial charge is 0.496 e. The van der Waals surface area contributed by atoms with Crippen molar-refractivity contribution in [3.63, 3.8) is 0 Å². The predicted octanol–water partition coefficient (Wildman–Crippen LogP) is 5.99. The molecule has 0 unspecified atom stereocenters. The van der Waals surface area contributed by atoms with E-state index in [9.17, 15) is 9.18 Å². The van der Waals surface area contributed by atoms with E-state index in [4.69, 9.17) is 9.15 Å². The molecule has 2 heterocycles. The number of nitrogens with zero attached hydrogens (tertiary/aromatic N) is 1. The summed E-state index contributed by atoms with van der Waals surface area (Å²) >= 11 is 0. The highest BCUT2D eigenvalue weighted by atomic mass is 19.1. The number of nitrogens with one attached hydrogen (secondary N) is 1. The van der Waals surface area contributed by atoms with Gasteiger partial charge in [-0.2, -0.15) is 0 Å². The van der Waals surface area contributed by atoms with Gasteiger partial charge in [0.25, 0.3) is 0 Å². The number of hydrogen-bond donors (Lipinski definition) is 1. The van der Waals surface area contributed by atoms with Crippen LogP contribution in [0.25, 0.3) is 27.7 Å². The molecule has 0 saturated heterocycles. The van der Waals surface area contributed by atoms with E-state index in [0.29, 0.717) is 17.2 Å². The molecule has 0 radical (unpaired) electrons. The van der Waals surface area contributed by atoms with Crippen molar-refractivity contribution in [3.8, 4) is 16.9 Å². The number of carbonyl (C=O) groups excluding carboxylic acids is 1. The van der Waals surface area contributed by atoms with Crippen LogP contribution < -0.4 is 10.1 Å². The topological polar surface area (TPSA) is 64.4 Å². The molecule has 0 saturated carbocycles. The maximum atomic E-state index is 13.3. The first-order valence-electron chi connectivity index (χ1n) is 9.72. The van der Waals surface area contributed by atoms with Crippen molar-refractivity contribution >= 4 is 28.3 Å². The number of pyridine rings is 1. The molecule has 2 aromatic carbocycles. The van der Waals surface area contributed by atoms with Crippen molar-refractivity contribution in [1.29, 1.82) is 0 Å². The van der Waals surface area contributed by atoms with E-state index in [1.807, 2.05) is 26.0 Å². The van der Waals surface area contributed by atoms with Crippen LogP contribution in [-0.2, 0) is 4.79 Å². The Morgan fingerprint density at radius 2 is 1.94 bits per heavy atom. The highest BCUT2D eigenvalue weighted by Crippen LogP contribution is 2.37. The number of benzene rings is 2. The van der Waals surface area contributed by atoms with Gasteiger partial charge in [-0.05, 0) is 60.9 Å². The van der Waals surface area contributed by atoms with Gasteiger partial charge in [0.15, 0.2) is 0 Å². The molecule has 0 spiro atoms. The van der Waals surface area contributed by atoms with Crippen molar-refractivity contribution in [2.45, 2.75) is 13.8 Å². The maximum absolute atomic E-state index is 13.3. The number of methoxy groups -OCH3 is 1. The molecule has 0 fully saturated rings. The fraction of sp³-hybridized carbons (Fsp3) is 0.120. The van der Waals surface area contributed by atoms with Crippen LogP contribution in [0.1, 0.15) is 18.1 Å². The fourth-order valence-corrected chi connectivity index (χ4v) is 3.43. The lowest BCUT2D eigenvalue weighted by Crippen LogP contribution is -2.10. The molecule has 5 nitrogen and oxygen atoms in total. The molecule has 4 aromatic rings. The second-order valence-corrected chi connectivity index (χ2v) is 7.24. The van der Waals surface area contributed by atoms with Crippen molar-refractivity contribution in [2.24, 2.45) is 0 Å². The molecule has 4 rings (SSSR count). The van der Waals surface area contributed by atoms with Crippen LogP contribution in [0, 0.1) is 12.7 Å². The summed E-state index contributed by atoms with van der Waals surface area (Å²) < 4.78 is 24.5. The van der Waals surface area contributed by atoms with Gasteiger partial charge in [-0.3, -0.25) is 4.79 Å². The molecule has 6 heteroatoms. The minimum Gasteiger partial charge on any atom is -0.496 e. The molecule has 1 amide bonds. The summed E-state index contributed by atoms with van der Waals surface area (Å²) in [5.74, 6) is 0.489. The summed E-state index contributed by atoms with van der Waals surface area (Å²) in [5, 5.41) is 3.62. The Hall–Kier alpha value is -3.93. The van der Waals surface area contributed by atoms with Crippen molar-refractivity contribution in [1.82, 2.24) is 4.98 Å². The Kier molecular flexibility index (Phi) is 5.54. The Balaban J connectivity index is 1.71. The van der Waals surface area contributed by atoms with Crippen LogP contribution in [0.4, 0.5) is 10.2 Å². The Labute approximate surface area is 179 Å². The zero-order valence-electron chi connectivity index (χ0n) is 17.4. The number of allylic oxidation sites excluding steroid dienone is 1. The second kappa shape index (κ2) is 8.44. The minimum absolute atomic E-state index is 0.288. The van der Waals surface area contributed by atoms with Gasteiger partial charge in [-0.25, -0.2) is 9.37 Å². The number of amides is 1. The van der Waals surface area contributed by atoms with Crippen LogP contribution in [0.3, 0.4) is 0 Å². The molecule has 0 atom stereocenters. The van der Waals surface area contributed by atoms with Crippen molar-refractivity contribution in [3.05, 3.63) is 84.0 Å². The molecule has 1 N–H and O–H groups in total. The number of hydrogen-bond acceptors (Lipinski definition) is 4. The Morgan fingerprint density at radius 1 is 1.16 bits per heavy atom. The van der Waals surface area contributed by atoms with Gasteiger partial charge < -0.3 is 14.5 Å². The third-order valence-electron chi connectivity index (χ3n) is 4.99. The number of halogens is 1. The van der Waals surface area contributed by atoms with E-state index < -0.39 is 0 Å². The van der Waals surface area contributed by atoms with E-state index in [0.717, 1.165) is 33.2 Å². The van der Waals surface area contributed by atoms with Crippen LogP contribution >= 0.6 is 0 Å². The average molecular weight is 416 g/mol. The zero-order chi connectivity index (χ0) is 22.0.